The number of ether oxygens (including phenoxy) is 1. The first-order valence-electron chi connectivity index (χ1n) is 3.54. The largest absolute Gasteiger partial charge is 0.464 e. The number of carbonyl (C=O) groups is 1. The van der Waals surface area contributed by atoms with Crippen LogP contribution in [0.2, 0.25) is 0 Å². The molecule has 0 aliphatic rings. The van der Waals surface area contributed by atoms with Crippen LogP contribution >= 0.6 is 0 Å². The number of methoxy groups -OCH3 is 1. The summed E-state index contributed by atoms with van der Waals surface area (Å²) >= 11 is 0. The highest BCUT2D eigenvalue weighted by atomic mass is 16.6. The summed E-state index contributed by atoms with van der Waals surface area (Å²) in [5, 5.41) is 0. The van der Waals surface area contributed by atoms with E-state index < -0.39 is 5.97 Å². The molecule has 0 spiro atoms. The van der Waals surface area contributed by atoms with E-state index in [2.05, 4.69) is 4.74 Å². The summed E-state index contributed by atoms with van der Waals surface area (Å²) in [4.78, 5) is 26.8. The number of hydrogen-bond acceptors (Lipinski definition) is 4. The summed E-state index contributed by atoms with van der Waals surface area (Å²) in [6.07, 6.45) is 1.36. The van der Waals surface area contributed by atoms with Gasteiger partial charge in [-0.3, -0.25) is 4.79 Å². The first-order chi connectivity index (χ1) is 6.19. The van der Waals surface area contributed by atoms with E-state index in [9.17, 15) is 9.59 Å². The molecule has 0 unspecified atom stereocenters. The Hall–Kier alpha value is -1.78. The van der Waals surface area contributed by atoms with Crippen molar-refractivity contribution < 1.29 is 14.4 Å². The first-order valence-corrected chi connectivity index (χ1v) is 3.54. The highest BCUT2D eigenvalue weighted by Gasteiger charge is 2.10. The number of aromatic nitrogens is 1. The molecule has 5 heteroatoms. The number of nitrogens with zero attached hydrogens (tertiary/aromatic N) is 1. The highest BCUT2D eigenvalue weighted by Crippen LogP contribution is 1.96. The lowest BCUT2D eigenvalue weighted by Crippen LogP contribution is -2.20. The van der Waals surface area contributed by atoms with Crippen molar-refractivity contribution in [2.45, 2.75) is 0 Å². The molecule has 0 atom stereocenters. The molecule has 1 aromatic heterocycles. The Kier molecular flexibility index (Phi) is 2.69. The minimum absolute atomic E-state index is 0.0671. The molecular weight excluding hydrogens is 174 g/mol. The molecule has 1 rings (SSSR count). The van der Waals surface area contributed by atoms with Crippen molar-refractivity contribution in [1.29, 1.82) is 0 Å². The fraction of sp³-hybridized carbons (Fsp3) is 0.250. The van der Waals surface area contributed by atoms with Crippen LogP contribution < -0.4 is 10.3 Å². The Morgan fingerprint density at radius 1 is 1.46 bits per heavy atom. The summed E-state index contributed by atoms with van der Waals surface area (Å²) in [5.74, 6) is -0.612. The second-order valence-corrected chi connectivity index (χ2v) is 2.25. The van der Waals surface area contributed by atoms with Gasteiger partial charge in [0.25, 0.3) is 0 Å². The molecule has 0 radical (unpaired) electrons. The molecule has 13 heavy (non-hydrogen) atoms. The van der Waals surface area contributed by atoms with Gasteiger partial charge in [0, 0.05) is 18.3 Å². The molecular formula is C8H9NO4. The zero-order valence-electron chi connectivity index (χ0n) is 7.31. The van der Waals surface area contributed by atoms with Crippen molar-refractivity contribution >= 4 is 5.97 Å². The van der Waals surface area contributed by atoms with E-state index in [1.54, 1.807) is 0 Å². The molecule has 0 N–H and O–H groups in total. The lowest BCUT2D eigenvalue weighted by Gasteiger charge is -2.08. The van der Waals surface area contributed by atoms with Crippen molar-refractivity contribution in [3.05, 3.63) is 34.2 Å². The second-order valence-electron chi connectivity index (χ2n) is 2.25. The molecule has 0 aromatic carbocycles. The third-order valence-electron chi connectivity index (χ3n) is 1.48. The Morgan fingerprint density at radius 3 is 2.69 bits per heavy atom. The second kappa shape index (κ2) is 3.75. The SMILES string of the molecule is COC(=O)c1cc(=O)ccn1OC. The number of esters is 1. The van der Waals surface area contributed by atoms with Gasteiger partial charge >= 0.3 is 5.97 Å². The van der Waals surface area contributed by atoms with Crippen LogP contribution in [-0.2, 0) is 4.74 Å². The summed E-state index contributed by atoms with van der Waals surface area (Å²) in [5.41, 5.74) is -0.203. The highest BCUT2D eigenvalue weighted by molar-refractivity contribution is 5.87. The van der Waals surface area contributed by atoms with E-state index in [1.807, 2.05) is 0 Å². The van der Waals surface area contributed by atoms with E-state index in [-0.39, 0.29) is 11.1 Å². The zero-order valence-corrected chi connectivity index (χ0v) is 7.31. The molecule has 0 amide bonds. The maximum atomic E-state index is 11.1. The molecule has 0 aliphatic carbocycles. The van der Waals surface area contributed by atoms with Gasteiger partial charge in [-0.25, -0.2) is 4.79 Å². The van der Waals surface area contributed by atoms with Gasteiger partial charge in [0.05, 0.1) is 7.11 Å². The molecule has 0 saturated heterocycles. The molecule has 0 aliphatic heterocycles. The van der Waals surface area contributed by atoms with Crippen LogP contribution in [-0.4, -0.2) is 24.9 Å². The van der Waals surface area contributed by atoms with Crippen molar-refractivity contribution in [3.8, 4) is 0 Å². The maximum absolute atomic E-state index is 11.1. The Morgan fingerprint density at radius 2 is 2.15 bits per heavy atom. The lowest BCUT2D eigenvalue weighted by molar-refractivity contribution is 0.0540. The van der Waals surface area contributed by atoms with Gasteiger partial charge in [-0.05, 0) is 0 Å². The van der Waals surface area contributed by atoms with Crippen LogP contribution in [0.1, 0.15) is 10.5 Å². The molecule has 70 valence electrons. The van der Waals surface area contributed by atoms with Crippen LogP contribution in [0, 0.1) is 0 Å². The monoisotopic (exact) mass is 183 g/mol. The fourth-order valence-corrected chi connectivity index (χ4v) is 0.881. The number of hydrogen-bond donors (Lipinski definition) is 0. The van der Waals surface area contributed by atoms with Gasteiger partial charge in [-0.2, -0.15) is 4.73 Å². The van der Waals surface area contributed by atoms with E-state index >= 15 is 0 Å². The summed E-state index contributed by atoms with van der Waals surface area (Å²) in [6, 6.07) is 2.44. The number of carbonyl (C=O) groups excluding carboxylic acids is 1. The van der Waals surface area contributed by atoms with Crippen molar-refractivity contribution in [2.75, 3.05) is 14.2 Å². The Bertz CT molecular complexity index is 369. The molecule has 0 bridgehead atoms. The topological polar surface area (TPSA) is 57.5 Å². The quantitative estimate of drug-likeness (QED) is 0.590. The van der Waals surface area contributed by atoms with E-state index in [1.165, 1.54) is 26.5 Å². The standard InChI is InChI=1S/C8H9NO4/c1-12-8(11)7-5-6(10)3-4-9(7)13-2/h3-5H,1-2H3. The first kappa shape index (κ1) is 9.31. The average Bonchev–Trinajstić information content (AvgIpc) is 2.16. The van der Waals surface area contributed by atoms with E-state index in [0.29, 0.717) is 0 Å². The number of pyridine rings is 1. The predicted molar refractivity (Wildman–Crippen MR) is 44.5 cm³/mol. The minimum atomic E-state index is -0.612. The Labute approximate surface area is 74.5 Å². The summed E-state index contributed by atoms with van der Waals surface area (Å²) in [7, 11) is 2.62. The third-order valence-corrected chi connectivity index (χ3v) is 1.48. The van der Waals surface area contributed by atoms with Crippen LogP contribution in [0.25, 0.3) is 0 Å². The van der Waals surface area contributed by atoms with Crippen molar-refractivity contribution in [3.63, 3.8) is 0 Å². The van der Waals surface area contributed by atoms with Crippen LogP contribution in [0.5, 0.6) is 0 Å². The predicted octanol–water partition coefficient (Wildman–Crippen LogP) is -0.307. The molecule has 0 fully saturated rings. The normalized spacial score (nSPS) is 9.38. The zero-order chi connectivity index (χ0) is 9.84. The third kappa shape index (κ3) is 1.87. The van der Waals surface area contributed by atoms with E-state index in [0.717, 1.165) is 10.8 Å². The molecule has 5 nitrogen and oxygen atoms in total. The Balaban J connectivity index is 3.23. The minimum Gasteiger partial charge on any atom is -0.464 e. The van der Waals surface area contributed by atoms with E-state index in [4.69, 9.17) is 4.84 Å². The van der Waals surface area contributed by atoms with Gasteiger partial charge in [0.2, 0.25) is 0 Å². The van der Waals surface area contributed by atoms with Gasteiger partial charge in [0.1, 0.15) is 7.11 Å². The fourth-order valence-electron chi connectivity index (χ4n) is 0.881. The van der Waals surface area contributed by atoms with Gasteiger partial charge < -0.3 is 9.57 Å². The van der Waals surface area contributed by atoms with Crippen molar-refractivity contribution in [2.24, 2.45) is 0 Å². The summed E-state index contributed by atoms with van der Waals surface area (Å²) in [6.45, 7) is 0. The molecule has 0 saturated carbocycles. The van der Waals surface area contributed by atoms with Crippen LogP contribution in [0.15, 0.2) is 23.1 Å². The number of rotatable bonds is 2. The van der Waals surface area contributed by atoms with Gasteiger partial charge in [-0.15, -0.1) is 0 Å². The molecule has 1 aromatic rings. The van der Waals surface area contributed by atoms with Crippen LogP contribution in [0.4, 0.5) is 0 Å². The van der Waals surface area contributed by atoms with Crippen LogP contribution in [0.3, 0.4) is 0 Å². The summed E-state index contributed by atoms with van der Waals surface area (Å²) < 4.78 is 5.62. The van der Waals surface area contributed by atoms with Crippen molar-refractivity contribution in [1.82, 2.24) is 4.73 Å². The maximum Gasteiger partial charge on any atom is 0.358 e. The lowest BCUT2D eigenvalue weighted by atomic mass is 10.3. The van der Waals surface area contributed by atoms with Gasteiger partial charge in [0.15, 0.2) is 11.1 Å². The smallest absolute Gasteiger partial charge is 0.358 e. The molecule has 1 heterocycles. The van der Waals surface area contributed by atoms with Gasteiger partial charge in [-0.1, -0.05) is 0 Å². The average molecular weight is 183 g/mol.